The van der Waals surface area contributed by atoms with E-state index in [0.29, 0.717) is 28.1 Å². The molecular weight excluding hydrogens is 404 g/mol. The fraction of sp³-hybridized carbons (Fsp3) is 0.0870. The van der Waals surface area contributed by atoms with E-state index >= 15 is 0 Å². The summed E-state index contributed by atoms with van der Waals surface area (Å²) in [5, 5.41) is 3.74. The quantitative estimate of drug-likeness (QED) is 0.473. The number of benzene rings is 2. The molecule has 1 amide bonds. The molecule has 0 spiro atoms. The number of aromatic nitrogens is 1. The zero-order valence-electron chi connectivity index (χ0n) is 15.8. The van der Waals surface area contributed by atoms with E-state index in [1.54, 1.807) is 24.5 Å². The fourth-order valence-electron chi connectivity index (χ4n) is 3.03. The number of fused-ring (bicyclic) bond motifs is 1. The van der Waals surface area contributed by atoms with E-state index in [2.05, 4.69) is 10.3 Å². The van der Waals surface area contributed by atoms with Crippen molar-refractivity contribution in [1.82, 2.24) is 10.3 Å². The maximum absolute atomic E-state index is 12.1. The van der Waals surface area contributed by atoms with E-state index in [0.717, 1.165) is 11.1 Å². The molecule has 30 heavy (non-hydrogen) atoms. The molecule has 0 saturated heterocycles. The van der Waals surface area contributed by atoms with Gasteiger partial charge in [0.1, 0.15) is 11.3 Å². The molecular formula is C23H17ClN2O4. The molecule has 4 rings (SSSR count). The second kappa shape index (κ2) is 8.80. The van der Waals surface area contributed by atoms with Crippen LogP contribution in [0, 0.1) is 0 Å². The lowest BCUT2D eigenvalue weighted by molar-refractivity contribution is -0.123. The Bertz CT molecular complexity index is 1240. The summed E-state index contributed by atoms with van der Waals surface area (Å²) >= 11 is 6.37. The highest BCUT2D eigenvalue weighted by molar-refractivity contribution is 6.33. The third-order valence-electron chi connectivity index (χ3n) is 4.45. The van der Waals surface area contributed by atoms with Gasteiger partial charge in [-0.2, -0.15) is 0 Å². The molecule has 1 N–H and O–H groups in total. The number of ether oxygens (including phenoxy) is 1. The van der Waals surface area contributed by atoms with E-state index in [1.807, 2.05) is 36.4 Å². The minimum atomic E-state index is -0.483. The Labute approximate surface area is 177 Å². The van der Waals surface area contributed by atoms with Crippen molar-refractivity contribution in [1.29, 1.82) is 0 Å². The first-order chi connectivity index (χ1) is 14.6. The van der Waals surface area contributed by atoms with E-state index in [9.17, 15) is 9.59 Å². The average Bonchev–Trinajstić information content (AvgIpc) is 2.77. The van der Waals surface area contributed by atoms with Gasteiger partial charge in [0.05, 0.1) is 5.02 Å². The number of amides is 1. The van der Waals surface area contributed by atoms with Crippen LogP contribution in [-0.4, -0.2) is 17.5 Å². The number of hydrogen-bond donors (Lipinski definition) is 1. The van der Waals surface area contributed by atoms with Crippen LogP contribution < -0.4 is 15.7 Å². The van der Waals surface area contributed by atoms with Crippen molar-refractivity contribution in [3.05, 3.63) is 94.1 Å². The highest BCUT2D eigenvalue weighted by Gasteiger charge is 2.13. The van der Waals surface area contributed by atoms with Crippen LogP contribution in [0.25, 0.3) is 22.1 Å². The zero-order valence-corrected chi connectivity index (χ0v) is 16.6. The zero-order chi connectivity index (χ0) is 20.9. The van der Waals surface area contributed by atoms with Crippen LogP contribution in [0.5, 0.6) is 5.75 Å². The molecule has 2 heterocycles. The van der Waals surface area contributed by atoms with Crippen molar-refractivity contribution < 1.29 is 13.9 Å². The minimum absolute atomic E-state index is 0.228. The summed E-state index contributed by atoms with van der Waals surface area (Å²) in [6, 6.07) is 17.8. The Morgan fingerprint density at radius 3 is 2.70 bits per heavy atom. The van der Waals surface area contributed by atoms with Crippen molar-refractivity contribution in [3.8, 4) is 16.9 Å². The Morgan fingerprint density at radius 1 is 1.10 bits per heavy atom. The van der Waals surface area contributed by atoms with Gasteiger partial charge in [0.2, 0.25) is 0 Å². The lowest BCUT2D eigenvalue weighted by atomic mass is 10.0. The van der Waals surface area contributed by atoms with Crippen LogP contribution in [0.3, 0.4) is 0 Å². The highest BCUT2D eigenvalue weighted by atomic mass is 35.5. The summed E-state index contributed by atoms with van der Waals surface area (Å²) in [5.41, 5.74) is 2.31. The molecule has 0 radical (unpaired) electrons. The SMILES string of the molecule is O=C(COc1cc2oc(=O)cc(-c3ccccc3)c2cc1Cl)NCc1cccnc1. The lowest BCUT2D eigenvalue weighted by Gasteiger charge is -2.11. The number of pyridine rings is 1. The molecule has 6 nitrogen and oxygen atoms in total. The standard InChI is InChI=1S/C23H17ClN2O4/c24-19-9-18-17(16-6-2-1-3-7-16)10-23(28)30-20(18)11-21(19)29-14-22(27)26-13-15-5-4-8-25-12-15/h1-12H,13-14H2,(H,26,27). The smallest absolute Gasteiger partial charge is 0.336 e. The van der Waals surface area contributed by atoms with Gasteiger partial charge in [-0.05, 0) is 28.8 Å². The van der Waals surface area contributed by atoms with Crippen LogP contribution in [0.4, 0.5) is 0 Å². The highest BCUT2D eigenvalue weighted by Crippen LogP contribution is 2.34. The Hall–Kier alpha value is -3.64. The predicted octanol–water partition coefficient (Wildman–Crippen LogP) is 4.20. The van der Waals surface area contributed by atoms with Gasteiger partial charge in [0.15, 0.2) is 6.61 Å². The van der Waals surface area contributed by atoms with Crippen molar-refractivity contribution in [2.45, 2.75) is 6.54 Å². The molecule has 0 unspecified atom stereocenters. The second-order valence-electron chi connectivity index (χ2n) is 6.55. The van der Waals surface area contributed by atoms with Crippen molar-refractivity contribution in [2.75, 3.05) is 6.61 Å². The first-order valence-electron chi connectivity index (χ1n) is 9.21. The van der Waals surface area contributed by atoms with Gasteiger partial charge in [-0.25, -0.2) is 4.79 Å². The molecule has 0 saturated carbocycles. The topological polar surface area (TPSA) is 81.4 Å². The van der Waals surface area contributed by atoms with Gasteiger partial charge >= 0.3 is 5.63 Å². The first-order valence-corrected chi connectivity index (χ1v) is 9.59. The van der Waals surface area contributed by atoms with E-state index < -0.39 is 5.63 Å². The number of nitrogens with one attached hydrogen (secondary N) is 1. The van der Waals surface area contributed by atoms with Crippen LogP contribution >= 0.6 is 11.6 Å². The number of rotatable bonds is 6. The summed E-state index contributed by atoms with van der Waals surface area (Å²) in [7, 11) is 0. The molecule has 0 aliphatic heterocycles. The van der Waals surface area contributed by atoms with Gasteiger partial charge in [-0.15, -0.1) is 0 Å². The minimum Gasteiger partial charge on any atom is -0.482 e. The number of hydrogen-bond acceptors (Lipinski definition) is 5. The maximum Gasteiger partial charge on any atom is 0.336 e. The van der Waals surface area contributed by atoms with Gasteiger partial charge in [-0.1, -0.05) is 48.0 Å². The molecule has 0 aliphatic rings. The summed E-state index contributed by atoms with van der Waals surface area (Å²) in [4.78, 5) is 28.1. The molecule has 0 atom stereocenters. The Kier molecular flexibility index (Phi) is 5.77. The molecule has 0 fully saturated rings. The molecule has 0 bridgehead atoms. The van der Waals surface area contributed by atoms with Gasteiger partial charge in [-0.3, -0.25) is 9.78 Å². The Balaban J connectivity index is 1.53. The summed E-state index contributed by atoms with van der Waals surface area (Å²) in [6.07, 6.45) is 3.34. The van der Waals surface area contributed by atoms with E-state index in [-0.39, 0.29) is 18.3 Å². The summed E-state index contributed by atoms with van der Waals surface area (Å²) < 4.78 is 10.9. The van der Waals surface area contributed by atoms with Crippen LogP contribution in [-0.2, 0) is 11.3 Å². The fourth-order valence-corrected chi connectivity index (χ4v) is 3.25. The monoisotopic (exact) mass is 420 g/mol. The molecule has 7 heteroatoms. The molecule has 2 aromatic carbocycles. The van der Waals surface area contributed by atoms with Crippen LogP contribution in [0.15, 0.2) is 82.3 Å². The van der Waals surface area contributed by atoms with Crippen molar-refractivity contribution in [2.24, 2.45) is 0 Å². The summed E-state index contributed by atoms with van der Waals surface area (Å²) in [6.45, 7) is 0.116. The Morgan fingerprint density at radius 2 is 1.93 bits per heavy atom. The number of nitrogens with zero attached hydrogens (tertiary/aromatic N) is 1. The lowest BCUT2D eigenvalue weighted by Crippen LogP contribution is -2.28. The third kappa shape index (κ3) is 4.50. The van der Waals surface area contributed by atoms with Gasteiger partial charge in [0.25, 0.3) is 5.91 Å². The number of carbonyl (C=O) groups is 1. The molecule has 0 aliphatic carbocycles. The number of halogens is 1. The molecule has 150 valence electrons. The third-order valence-corrected chi connectivity index (χ3v) is 4.75. The molecule has 2 aromatic heterocycles. The van der Waals surface area contributed by atoms with Gasteiger partial charge < -0.3 is 14.5 Å². The largest absolute Gasteiger partial charge is 0.482 e. The van der Waals surface area contributed by atoms with E-state index in [4.69, 9.17) is 20.8 Å². The van der Waals surface area contributed by atoms with Crippen LogP contribution in [0.1, 0.15) is 5.56 Å². The number of carbonyl (C=O) groups excluding carboxylic acids is 1. The predicted molar refractivity (Wildman–Crippen MR) is 115 cm³/mol. The average molecular weight is 421 g/mol. The maximum atomic E-state index is 12.1. The van der Waals surface area contributed by atoms with Crippen LogP contribution in [0.2, 0.25) is 5.02 Å². The van der Waals surface area contributed by atoms with Gasteiger partial charge in [0, 0.05) is 36.5 Å². The summed E-state index contributed by atoms with van der Waals surface area (Å²) in [5.74, 6) is -0.0523. The molecule has 4 aromatic rings. The van der Waals surface area contributed by atoms with Crippen molar-refractivity contribution in [3.63, 3.8) is 0 Å². The second-order valence-corrected chi connectivity index (χ2v) is 6.96. The first kappa shape index (κ1) is 19.7. The van der Waals surface area contributed by atoms with Crippen molar-refractivity contribution >= 4 is 28.5 Å². The normalized spacial score (nSPS) is 10.7. The van der Waals surface area contributed by atoms with E-state index in [1.165, 1.54) is 12.1 Å².